The Hall–Kier alpha value is -2.15. The Kier molecular flexibility index (Phi) is 6.78. The Balaban J connectivity index is 2.40. The fourth-order valence-corrected chi connectivity index (χ4v) is 1.89. The highest BCUT2D eigenvalue weighted by Crippen LogP contribution is 2.24. The molecule has 4 N–H and O–H groups in total. The average molecular weight is 308 g/mol. The van der Waals surface area contributed by atoms with Crippen LogP contribution >= 0.6 is 0 Å². The molecule has 0 unspecified atom stereocenters. The van der Waals surface area contributed by atoms with E-state index in [0.717, 1.165) is 5.56 Å². The minimum absolute atomic E-state index is 0.0610. The van der Waals surface area contributed by atoms with Crippen LogP contribution in [0.1, 0.15) is 25.8 Å². The van der Waals surface area contributed by atoms with Gasteiger partial charge in [0.2, 0.25) is 5.91 Å². The molecule has 0 saturated heterocycles. The third-order valence-corrected chi connectivity index (χ3v) is 3.34. The summed E-state index contributed by atoms with van der Waals surface area (Å²) in [4.78, 5) is 22.2. The van der Waals surface area contributed by atoms with Crippen molar-refractivity contribution in [1.82, 2.24) is 5.32 Å². The summed E-state index contributed by atoms with van der Waals surface area (Å²) in [6, 6.07) is 4.54. The minimum Gasteiger partial charge on any atom is -0.379 e. The second kappa shape index (κ2) is 8.33. The van der Waals surface area contributed by atoms with Gasteiger partial charge >= 0.3 is 0 Å². The molecule has 0 heterocycles. The molecule has 0 aliphatic carbocycles. The SMILES string of the molecule is Cc1ccc(NCCCNC(=O)[C@@H](N)C(C)C)c([N+](=O)[O-])c1. The van der Waals surface area contributed by atoms with E-state index in [1.54, 1.807) is 6.07 Å². The second-order valence-electron chi connectivity index (χ2n) is 5.62. The van der Waals surface area contributed by atoms with Crippen molar-refractivity contribution in [3.8, 4) is 0 Å². The van der Waals surface area contributed by atoms with Gasteiger partial charge in [-0.2, -0.15) is 0 Å². The Bertz CT molecular complexity index is 532. The van der Waals surface area contributed by atoms with Gasteiger partial charge in [-0.15, -0.1) is 0 Å². The molecule has 1 amide bonds. The second-order valence-corrected chi connectivity index (χ2v) is 5.62. The number of nitro benzene ring substituents is 1. The van der Waals surface area contributed by atoms with E-state index in [9.17, 15) is 14.9 Å². The van der Waals surface area contributed by atoms with E-state index in [1.807, 2.05) is 26.8 Å². The molecule has 0 spiro atoms. The first-order chi connectivity index (χ1) is 10.3. The zero-order valence-electron chi connectivity index (χ0n) is 13.3. The number of rotatable bonds is 8. The highest BCUT2D eigenvalue weighted by molar-refractivity contribution is 5.81. The van der Waals surface area contributed by atoms with Crippen molar-refractivity contribution >= 4 is 17.3 Å². The number of carbonyl (C=O) groups excluding carboxylic acids is 1. The van der Waals surface area contributed by atoms with Crippen molar-refractivity contribution in [2.45, 2.75) is 33.2 Å². The molecule has 122 valence electrons. The number of benzene rings is 1. The lowest BCUT2D eigenvalue weighted by molar-refractivity contribution is -0.384. The molecule has 0 aliphatic rings. The number of nitro groups is 1. The molecule has 1 rings (SSSR count). The number of amides is 1. The van der Waals surface area contributed by atoms with E-state index >= 15 is 0 Å². The van der Waals surface area contributed by atoms with Crippen LogP contribution in [0.15, 0.2) is 18.2 Å². The molecule has 0 radical (unpaired) electrons. The zero-order valence-corrected chi connectivity index (χ0v) is 13.3. The van der Waals surface area contributed by atoms with Crippen molar-refractivity contribution in [2.75, 3.05) is 18.4 Å². The minimum atomic E-state index is -0.508. The summed E-state index contributed by atoms with van der Waals surface area (Å²) in [5.41, 5.74) is 7.12. The summed E-state index contributed by atoms with van der Waals surface area (Å²) in [5, 5.41) is 16.8. The highest BCUT2D eigenvalue weighted by atomic mass is 16.6. The van der Waals surface area contributed by atoms with Crippen LogP contribution in [0.3, 0.4) is 0 Å². The summed E-state index contributed by atoms with van der Waals surface area (Å²) in [6.45, 7) is 6.60. The molecular weight excluding hydrogens is 284 g/mol. The predicted octanol–water partition coefficient (Wildman–Crippen LogP) is 1.80. The van der Waals surface area contributed by atoms with Crippen molar-refractivity contribution in [3.05, 3.63) is 33.9 Å². The van der Waals surface area contributed by atoms with Crippen LogP contribution < -0.4 is 16.4 Å². The topological polar surface area (TPSA) is 110 Å². The van der Waals surface area contributed by atoms with Crippen molar-refractivity contribution in [3.63, 3.8) is 0 Å². The van der Waals surface area contributed by atoms with Crippen LogP contribution in [0, 0.1) is 23.0 Å². The van der Waals surface area contributed by atoms with Crippen molar-refractivity contribution < 1.29 is 9.72 Å². The number of nitrogens with two attached hydrogens (primary N) is 1. The first-order valence-corrected chi connectivity index (χ1v) is 7.35. The van der Waals surface area contributed by atoms with Crippen LogP contribution in [0.25, 0.3) is 0 Å². The standard InChI is InChI=1S/C15H24N4O3/c1-10(2)14(16)15(20)18-8-4-7-17-12-6-5-11(3)9-13(12)19(21)22/h5-6,9-10,14,17H,4,7-8,16H2,1-3H3,(H,18,20)/t14-/m0/s1. The van der Waals surface area contributed by atoms with Gasteiger partial charge in [-0.05, 0) is 30.9 Å². The normalized spacial score (nSPS) is 12.0. The molecule has 0 fully saturated rings. The molecule has 1 aromatic rings. The third kappa shape index (κ3) is 5.33. The Morgan fingerprint density at radius 3 is 2.64 bits per heavy atom. The van der Waals surface area contributed by atoms with Gasteiger partial charge in [-0.3, -0.25) is 14.9 Å². The van der Waals surface area contributed by atoms with Gasteiger partial charge in [-0.1, -0.05) is 19.9 Å². The largest absolute Gasteiger partial charge is 0.379 e. The Labute approximate surface area is 130 Å². The third-order valence-electron chi connectivity index (χ3n) is 3.34. The van der Waals surface area contributed by atoms with Crippen LogP contribution in [0.4, 0.5) is 11.4 Å². The molecular formula is C15H24N4O3. The van der Waals surface area contributed by atoms with E-state index in [4.69, 9.17) is 5.73 Å². The van der Waals surface area contributed by atoms with E-state index in [-0.39, 0.29) is 17.5 Å². The number of nitrogens with one attached hydrogen (secondary N) is 2. The fourth-order valence-electron chi connectivity index (χ4n) is 1.89. The number of hydrogen-bond donors (Lipinski definition) is 3. The van der Waals surface area contributed by atoms with Crippen molar-refractivity contribution in [2.24, 2.45) is 11.7 Å². The lowest BCUT2D eigenvalue weighted by Crippen LogP contribution is -2.44. The van der Waals surface area contributed by atoms with Gasteiger partial charge in [0.1, 0.15) is 5.69 Å². The summed E-state index contributed by atoms with van der Waals surface area (Å²) in [5.74, 6) is -0.0790. The molecule has 0 saturated carbocycles. The van der Waals surface area contributed by atoms with Gasteiger partial charge in [0, 0.05) is 19.2 Å². The van der Waals surface area contributed by atoms with Crippen molar-refractivity contribution in [1.29, 1.82) is 0 Å². The van der Waals surface area contributed by atoms with Crippen LogP contribution in [0.2, 0.25) is 0 Å². The lowest BCUT2D eigenvalue weighted by Gasteiger charge is -2.15. The van der Waals surface area contributed by atoms with Gasteiger partial charge in [0.25, 0.3) is 5.69 Å². The monoisotopic (exact) mass is 308 g/mol. The van der Waals surface area contributed by atoms with Crippen LogP contribution in [-0.2, 0) is 4.79 Å². The van der Waals surface area contributed by atoms with Gasteiger partial charge in [0.05, 0.1) is 11.0 Å². The maximum atomic E-state index is 11.7. The summed E-state index contributed by atoms with van der Waals surface area (Å²) in [6.07, 6.45) is 0.654. The smallest absolute Gasteiger partial charge is 0.292 e. The van der Waals surface area contributed by atoms with Crippen LogP contribution in [-0.4, -0.2) is 30.0 Å². The number of aryl methyl sites for hydroxylation is 1. The maximum Gasteiger partial charge on any atom is 0.292 e. The first kappa shape index (κ1) is 17.9. The lowest BCUT2D eigenvalue weighted by atomic mass is 10.1. The maximum absolute atomic E-state index is 11.7. The fraction of sp³-hybridized carbons (Fsp3) is 0.533. The van der Waals surface area contributed by atoms with Gasteiger partial charge < -0.3 is 16.4 Å². The molecule has 0 aliphatic heterocycles. The van der Waals surface area contributed by atoms with E-state index in [2.05, 4.69) is 10.6 Å². The molecule has 1 atom stereocenters. The quantitative estimate of drug-likeness (QED) is 0.385. The molecule has 0 bridgehead atoms. The van der Waals surface area contributed by atoms with Crippen LogP contribution in [0.5, 0.6) is 0 Å². The van der Waals surface area contributed by atoms with E-state index in [0.29, 0.717) is 25.2 Å². The Morgan fingerprint density at radius 1 is 1.36 bits per heavy atom. The molecule has 0 aromatic heterocycles. The number of nitrogens with zero attached hydrogens (tertiary/aromatic N) is 1. The summed E-state index contributed by atoms with van der Waals surface area (Å²) in [7, 11) is 0. The molecule has 7 heteroatoms. The first-order valence-electron chi connectivity index (χ1n) is 7.35. The van der Waals surface area contributed by atoms with Gasteiger partial charge in [-0.25, -0.2) is 0 Å². The molecule has 22 heavy (non-hydrogen) atoms. The van der Waals surface area contributed by atoms with E-state index < -0.39 is 11.0 Å². The number of hydrogen-bond acceptors (Lipinski definition) is 5. The van der Waals surface area contributed by atoms with E-state index in [1.165, 1.54) is 6.07 Å². The number of carbonyl (C=O) groups is 1. The number of anilines is 1. The summed E-state index contributed by atoms with van der Waals surface area (Å²) < 4.78 is 0. The highest BCUT2D eigenvalue weighted by Gasteiger charge is 2.16. The molecule has 1 aromatic carbocycles. The zero-order chi connectivity index (χ0) is 16.7. The van der Waals surface area contributed by atoms with Gasteiger partial charge in [0.15, 0.2) is 0 Å². The summed E-state index contributed by atoms with van der Waals surface area (Å²) >= 11 is 0. The predicted molar refractivity (Wildman–Crippen MR) is 86.8 cm³/mol. The molecule has 7 nitrogen and oxygen atoms in total. The average Bonchev–Trinajstić information content (AvgIpc) is 2.46. The Morgan fingerprint density at radius 2 is 2.05 bits per heavy atom.